The summed E-state index contributed by atoms with van der Waals surface area (Å²) in [7, 11) is 0. The zero-order valence-electron chi connectivity index (χ0n) is 12.6. The molecule has 0 radical (unpaired) electrons. The smallest absolute Gasteiger partial charge is 0.244 e. The number of hydrogen-bond donors (Lipinski definition) is 1. The molecule has 0 aromatic heterocycles. The van der Waals surface area contributed by atoms with Crippen LogP contribution >= 0.6 is 12.4 Å². The summed E-state index contributed by atoms with van der Waals surface area (Å²) >= 11 is 0. The number of fused-ring (bicyclic) bond motifs is 1. The lowest BCUT2D eigenvalue weighted by Crippen LogP contribution is -2.44. The molecule has 0 aliphatic carbocycles. The van der Waals surface area contributed by atoms with E-state index in [-0.39, 0.29) is 18.3 Å². The van der Waals surface area contributed by atoms with E-state index in [1.807, 2.05) is 53.4 Å². The van der Waals surface area contributed by atoms with Crippen LogP contribution in [0.5, 0.6) is 0 Å². The van der Waals surface area contributed by atoms with Crippen molar-refractivity contribution in [3.05, 3.63) is 65.7 Å². The van der Waals surface area contributed by atoms with Gasteiger partial charge in [0.1, 0.15) is 0 Å². The molecule has 4 heteroatoms. The number of rotatable bonds is 3. The predicted octanol–water partition coefficient (Wildman–Crippen LogP) is 3.13. The minimum absolute atomic E-state index is 0. The fraction of sp³-hybridized carbons (Fsp3) is 0.278. The van der Waals surface area contributed by atoms with Crippen molar-refractivity contribution in [2.75, 3.05) is 11.4 Å². The third-order valence-electron chi connectivity index (χ3n) is 4.10. The quantitative estimate of drug-likeness (QED) is 0.945. The summed E-state index contributed by atoms with van der Waals surface area (Å²) in [5, 5.41) is 0. The van der Waals surface area contributed by atoms with Gasteiger partial charge in [-0.1, -0.05) is 55.5 Å². The summed E-state index contributed by atoms with van der Waals surface area (Å²) < 4.78 is 0. The molecule has 3 rings (SSSR count). The number of halogens is 1. The molecule has 0 saturated carbocycles. The van der Waals surface area contributed by atoms with Gasteiger partial charge in [0.05, 0.1) is 6.04 Å². The number of carbonyl (C=O) groups is 1. The Balaban J connectivity index is 0.00000176. The van der Waals surface area contributed by atoms with E-state index in [0.717, 1.165) is 17.8 Å². The van der Waals surface area contributed by atoms with Crippen molar-refractivity contribution >= 4 is 24.0 Å². The van der Waals surface area contributed by atoms with Gasteiger partial charge < -0.3 is 10.6 Å². The molecule has 3 nitrogen and oxygen atoms in total. The zero-order valence-corrected chi connectivity index (χ0v) is 13.4. The Morgan fingerprint density at radius 2 is 1.82 bits per heavy atom. The van der Waals surface area contributed by atoms with Crippen LogP contribution in [-0.2, 0) is 11.2 Å². The first-order valence-corrected chi connectivity index (χ1v) is 7.36. The number of amides is 1. The van der Waals surface area contributed by atoms with E-state index in [4.69, 9.17) is 5.73 Å². The molecule has 2 aromatic rings. The Hall–Kier alpha value is -1.84. The van der Waals surface area contributed by atoms with Gasteiger partial charge in [-0.05, 0) is 23.6 Å². The number of benzene rings is 2. The van der Waals surface area contributed by atoms with Gasteiger partial charge in [-0.2, -0.15) is 0 Å². The Kier molecular flexibility index (Phi) is 5.22. The maximum atomic E-state index is 12.7. The van der Waals surface area contributed by atoms with Crippen LogP contribution in [0, 0.1) is 0 Å². The standard InChI is InChI=1S/C18H20N2O.ClH/c1-13-12-20(17-10-6-5-9-15(13)17)18(21)16(19)11-14-7-3-2-4-8-14;/h2-10,13,16H,11-12,19H2,1H3;1H. The van der Waals surface area contributed by atoms with Gasteiger partial charge in [-0.25, -0.2) is 0 Å². The second-order valence-corrected chi connectivity index (χ2v) is 5.70. The van der Waals surface area contributed by atoms with Crippen molar-refractivity contribution in [1.29, 1.82) is 0 Å². The van der Waals surface area contributed by atoms with Crippen LogP contribution in [0.1, 0.15) is 24.0 Å². The number of nitrogens with two attached hydrogens (primary N) is 1. The maximum absolute atomic E-state index is 12.7. The van der Waals surface area contributed by atoms with E-state index in [0.29, 0.717) is 12.3 Å². The third-order valence-corrected chi connectivity index (χ3v) is 4.10. The molecule has 0 spiro atoms. The highest BCUT2D eigenvalue weighted by Gasteiger charge is 2.31. The second kappa shape index (κ2) is 6.95. The van der Waals surface area contributed by atoms with E-state index in [9.17, 15) is 4.79 Å². The molecule has 0 saturated heterocycles. The van der Waals surface area contributed by atoms with Crippen LogP contribution in [0.25, 0.3) is 0 Å². The van der Waals surface area contributed by atoms with Crippen molar-refractivity contribution in [2.24, 2.45) is 5.73 Å². The lowest BCUT2D eigenvalue weighted by Gasteiger charge is -2.22. The molecule has 1 aliphatic rings. The van der Waals surface area contributed by atoms with Gasteiger partial charge in [0, 0.05) is 18.2 Å². The fourth-order valence-electron chi connectivity index (χ4n) is 2.98. The third kappa shape index (κ3) is 3.16. The molecule has 2 N–H and O–H groups in total. The van der Waals surface area contributed by atoms with Gasteiger partial charge in [-0.3, -0.25) is 4.79 Å². The van der Waals surface area contributed by atoms with E-state index >= 15 is 0 Å². The summed E-state index contributed by atoms with van der Waals surface area (Å²) in [6.07, 6.45) is 0.576. The number of anilines is 1. The molecule has 1 amide bonds. The molecule has 0 fully saturated rings. The lowest BCUT2D eigenvalue weighted by atomic mass is 10.0. The normalized spacial score (nSPS) is 17.5. The van der Waals surface area contributed by atoms with Gasteiger partial charge in [-0.15, -0.1) is 12.4 Å². The molecule has 2 atom stereocenters. The first-order valence-electron chi connectivity index (χ1n) is 7.36. The monoisotopic (exact) mass is 316 g/mol. The average Bonchev–Trinajstić information content (AvgIpc) is 2.85. The number of nitrogens with zero attached hydrogens (tertiary/aromatic N) is 1. The lowest BCUT2D eigenvalue weighted by molar-refractivity contribution is -0.119. The van der Waals surface area contributed by atoms with Crippen LogP contribution in [0.15, 0.2) is 54.6 Å². The van der Waals surface area contributed by atoms with Gasteiger partial charge >= 0.3 is 0 Å². The number of para-hydroxylation sites is 1. The van der Waals surface area contributed by atoms with E-state index in [1.165, 1.54) is 5.56 Å². The predicted molar refractivity (Wildman–Crippen MR) is 92.6 cm³/mol. The van der Waals surface area contributed by atoms with E-state index < -0.39 is 6.04 Å². The first kappa shape index (κ1) is 16.5. The van der Waals surface area contributed by atoms with Crippen LogP contribution in [-0.4, -0.2) is 18.5 Å². The maximum Gasteiger partial charge on any atom is 0.244 e. The number of hydrogen-bond acceptors (Lipinski definition) is 2. The SMILES string of the molecule is CC1CN(C(=O)C(N)Cc2ccccc2)c2ccccc21.Cl. The van der Waals surface area contributed by atoms with Crippen LogP contribution in [0.2, 0.25) is 0 Å². The van der Waals surface area contributed by atoms with Gasteiger partial charge in [0.2, 0.25) is 5.91 Å². The highest BCUT2D eigenvalue weighted by atomic mass is 35.5. The van der Waals surface area contributed by atoms with Crippen molar-refractivity contribution in [3.8, 4) is 0 Å². The Labute approximate surface area is 137 Å². The van der Waals surface area contributed by atoms with Crippen molar-refractivity contribution in [1.82, 2.24) is 0 Å². The Bertz CT molecular complexity index is 645. The minimum atomic E-state index is -0.495. The van der Waals surface area contributed by atoms with Crippen molar-refractivity contribution < 1.29 is 4.79 Å². The highest BCUT2D eigenvalue weighted by molar-refractivity contribution is 5.99. The molecule has 1 heterocycles. The van der Waals surface area contributed by atoms with E-state index in [1.54, 1.807) is 0 Å². The largest absolute Gasteiger partial charge is 0.320 e. The summed E-state index contributed by atoms with van der Waals surface area (Å²) in [5.41, 5.74) is 9.48. The number of carbonyl (C=O) groups excluding carboxylic acids is 1. The average molecular weight is 317 g/mol. The van der Waals surface area contributed by atoms with Crippen LogP contribution in [0.4, 0.5) is 5.69 Å². The van der Waals surface area contributed by atoms with Crippen molar-refractivity contribution in [2.45, 2.75) is 25.3 Å². The minimum Gasteiger partial charge on any atom is -0.320 e. The summed E-state index contributed by atoms with van der Waals surface area (Å²) in [5.74, 6) is 0.379. The molecule has 0 bridgehead atoms. The molecule has 1 aliphatic heterocycles. The van der Waals surface area contributed by atoms with Crippen LogP contribution in [0.3, 0.4) is 0 Å². The summed E-state index contributed by atoms with van der Waals surface area (Å²) in [6, 6.07) is 17.5. The Morgan fingerprint density at radius 3 is 2.55 bits per heavy atom. The van der Waals surface area contributed by atoms with Gasteiger partial charge in [0.25, 0.3) is 0 Å². The van der Waals surface area contributed by atoms with E-state index in [2.05, 4.69) is 13.0 Å². The van der Waals surface area contributed by atoms with Crippen LogP contribution < -0.4 is 10.6 Å². The molecular formula is C18H21ClN2O. The molecule has 2 aromatic carbocycles. The summed E-state index contributed by atoms with van der Waals surface area (Å²) in [4.78, 5) is 14.5. The Morgan fingerprint density at radius 1 is 1.18 bits per heavy atom. The molecule has 116 valence electrons. The molecular weight excluding hydrogens is 296 g/mol. The fourth-order valence-corrected chi connectivity index (χ4v) is 2.98. The van der Waals surface area contributed by atoms with Crippen molar-refractivity contribution in [3.63, 3.8) is 0 Å². The first-order chi connectivity index (χ1) is 10.2. The zero-order chi connectivity index (χ0) is 14.8. The summed E-state index contributed by atoms with van der Waals surface area (Å²) in [6.45, 7) is 2.87. The molecule has 2 unspecified atom stereocenters. The topological polar surface area (TPSA) is 46.3 Å². The second-order valence-electron chi connectivity index (χ2n) is 5.70. The molecule has 22 heavy (non-hydrogen) atoms. The highest BCUT2D eigenvalue weighted by Crippen LogP contribution is 2.35. The van der Waals surface area contributed by atoms with Gasteiger partial charge in [0.15, 0.2) is 0 Å².